The van der Waals surface area contributed by atoms with Crippen LogP contribution in [0.4, 0.5) is 5.69 Å². The highest BCUT2D eigenvalue weighted by molar-refractivity contribution is 5.81. The molecule has 0 bridgehead atoms. The Morgan fingerprint density at radius 2 is 1.32 bits per heavy atom. The average molecular weight is 298 g/mol. The smallest absolute Gasteiger partial charge is 0.0367 e. The van der Waals surface area contributed by atoms with Crippen LogP contribution in [0, 0.1) is 0 Å². The molecule has 1 saturated heterocycles. The van der Waals surface area contributed by atoms with Gasteiger partial charge in [0.25, 0.3) is 0 Å². The third-order valence-corrected chi connectivity index (χ3v) is 4.65. The van der Waals surface area contributed by atoms with Crippen molar-refractivity contribution in [1.29, 1.82) is 0 Å². The molecule has 22 heavy (non-hydrogen) atoms. The third kappa shape index (κ3) is 3.80. The molecule has 1 heterocycles. The van der Waals surface area contributed by atoms with Crippen molar-refractivity contribution in [2.45, 2.75) is 34.6 Å². The number of nitrogens with zero attached hydrogens (tertiary/aromatic N) is 2. The molecular weight excluding hydrogens is 268 g/mol. The molecule has 120 valence electrons. The van der Waals surface area contributed by atoms with Crippen molar-refractivity contribution in [3.63, 3.8) is 0 Å². The molecule has 0 spiro atoms. The van der Waals surface area contributed by atoms with E-state index in [0.717, 1.165) is 26.2 Å². The van der Waals surface area contributed by atoms with E-state index < -0.39 is 0 Å². The molecule has 0 unspecified atom stereocenters. The Bertz CT molecular complexity index is 562. The number of piperazine rings is 1. The maximum Gasteiger partial charge on any atom is 0.0367 e. The molecular formula is C20H30N2. The predicted octanol–water partition coefficient (Wildman–Crippen LogP) is 4.59. The molecule has 0 radical (unpaired) electrons. The summed E-state index contributed by atoms with van der Waals surface area (Å²) in [6.07, 6.45) is 0. The minimum atomic E-state index is 1.12. The van der Waals surface area contributed by atoms with Crippen molar-refractivity contribution >= 4 is 11.3 Å². The van der Waals surface area contributed by atoms with E-state index in [1.807, 2.05) is 0 Å². The third-order valence-electron chi connectivity index (χ3n) is 4.65. The van der Waals surface area contributed by atoms with Crippen LogP contribution in [0.2, 0.25) is 0 Å². The first-order chi connectivity index (χ1) is 10.4. The van der Waals surface area contributed by atoms with E-state index in [1.54, 1.807) is 0 Å². The van der Waals surface area contributed by atoms with Gasteiger partial charge in [0.2, 0.25) is 0 Å². The van der Waals surface area contributed by atoms with Crippen LogP contribution >= 0.6 is 0 Å². The van der Waals surface area contributed by atoms with Gasteiger partial charge in [-0.05, 0) is 70.5 Å². The lowest BCUT2D eigenvalue weighted by molar-refractivity contribution is 0.313. The van der Waals surface area contributed by atoms with Gasteiger partial charge in [-0.3, -0.25) is 0 Å². The van der Waals surface area contributed by atoms with Crippen molar-refractivity contribution in [2.75, 3.05) is 38.1 Å². The zero-order valence-electron chi connectivity index (χ0n) is 15.0. The molecule has 1 aromatic rings. The normalized spacial score (nSPS) is 15.6. The van der Waals surface area contributed by atoms with Gasteiger partial charge in [0, 0.05) is 31.9 Å². The van der Waals surface area contributed by atoms with Gasteiger partial charge in [0.1, 0.15) is 0 Å². The van der Waals surface area contributed by atoms with Gasteiger partial charge in [0.05, 0.1) is 0 Å². The second-order valence-electron chi connectivity index (χ2n) is 6.84. The molecule has 1 aliphatic rings. The van der Waals surface area contributed by atoms with E-state index in [-0.39, 0.29) is 0 Å². The molecule has 1 aliphatic heterocycles. The van der Waals surface area contributed by atoms with Gasteiger partial charge in [-0.15, -0.1) is 0 Å². The standard InChI is InChI=1S/C20H30N2/c1-15(2)17(5)20(16(3)4)18-7-9-19(10-8-18)22-13-11-21(6)12-14-22/h7-10H,11-14H2,1-6H3. The van der Waals surface area contributed by atoms with E-state index in [4.69, 9.17) is 0 Å². The molecule has 0 amide bonds. The van der Waals surface area contributed by atoms with Gasteiger partial charge < -0.3 is 9.80 Å². The van der Waals surface area contributed by atoms with E-state index in [2.05, 4.69) is 75.7 Å². The van der Waals surface area contributed by atoms with Crippen molar-refractivity contribution < 1.29 is 0 Å². The Labute approximate surface area is 136 Å². The summed E-state index contributed by atoms with van der Waals surface area (Å²) in [7, 11) is 2.20. The van der Waals surface area contributed by atoms with Crippen LogP contribution in [0.5, 0.6) is 0 Å². The molecule has 1 fully saturated rings. The Morgan fingerprint density at radius 1 is 0.773 bits per heavy atom. The Balaban J connectivity index is 2.24. The first-order valence-corrected chi connectivity index (χ1v) is 8.26. The molecule has 1 aromatic carbocycles. The van der Waals surface area contributed by atoms with Crippen molar-refractivity contribution in [3.05, 3.63) is 46.5 Å². The Morgan fingerprint density at radius 3 is 1.77 bits per heavy atom. The van der Waals surface area contributed by atoms with Crippen LogP contribution in [0.3, 0.4) is 0 Å². The average Bonchev–Trinajstić information content (AvgIpc) is 2.48. The second-order valence-corrected chi connectivity index (χ2v) is 6.84. The van der Waals surface area contributed by atoms with Crippen LogP contribution < -0.4 is 4.90 Å². The van der Waals surface area contributed by atoms with E-state index >= 15 is 0 Å². The summed E-state index contributed by atoms with van der Waals surface area (Å²) in [4.78, 5) is 4.88. The largest absolute Gasteiger partial charge is 0.369 e. The van der Waals surface area contributed by atoms with Crippen molar-refractivity contribution in [2.24, 2.45) is 0 Å². The number of allylic oxidation sites excluding steroid dienone is 4. The summed E-state index contributed by atoms with van der Waals surface area (Å²) in [6.45, 7) is 15.6. The maximum absolute atomic E-state index is 2.49. The highest BCUT2D eigenvalue weighted by Crippen LogP contribution is 2.30. The van der Waals surface area contributed by atoms with E-state index in [0.29, 0.717) is 0 Å². The monoisotopic (exact) mass is 298 g/mol. The topological polar surface area (TPSA) is 6.48 Å². The molecule has 0 N–H and O–H groups in total. The van der Waals surface area contributed by atoms with Crippen LogP contribution in [0.1, 0.15) is 40.2 Å². The summed E-state index contributed by atoms with van der Waals surface area (Å²) in [5, 5.41) is 0. The zero-order valence-corrected chi connectivity index (χ0v) is 15.0. The van der Waals surface area contributed by atoms with Gasteiger partial charge in [-0.25, -0.2) is 0 Å². The quantitative estimate of drug-likeness (QED) is 0.753. The van der Waals surface area contributed by atoms with Crippen LogP contribution in [0.15, 0.2) is 41.0 Å². The molecule has 0 atom stereocenters. The summed E-state index contributed by atoms with van der Waals surface area (Å²) in [5.74, 6) is 0. The van der Waals surface area contributed by atoms with Crippen molar-refractivity contribution in [3.8, 4) is 0 Å². The lowest BCUT2D eigenvalue weighted by Crippen LogP contribution is -2.44. The minimum absolute atomic E-state index is 1.12. The number of hydrogen-bond acceptors (Lipinski definition) is 2. The van der Waals surface area contributed by atoms with Crippen LogP contribution in [0.25, 0.3) is 5.57 Å². The number of rotatable bonds is 3. The fourth-order valence-corrected chi connectivity index (χ4v) is 3.03. The second kappa shape index (κ2) is 7.15. The van der Waals surface area contributed by atoms with E-state index in [9.17, 15) is 0 Å². The fourth-order valence-electron chi connectivity index (χ4n) is 3.03. The summed E-state index contributed by atoms with van der Waals surface area (Å²) < 4.78 is 0. The molecule has 2 nitrogen and oxygen atoms in total. The van der Waals surface area contributed by atoms with Gasteiger partial charge in [-0.1, -0.05) is 23.3 Å². The highest BCUT2D eigenvalue weighted by atomic mass is 15.2. The van der Waals surface area contributed by atoms with Crippen molar-refractivity contribution in [1.82, 2.24) is 4.90 Å². The molecule has 0 saturated carbocycles. The number of likely N-dealkylation sites (N-methyl/N-ethyl adjacent to an activating group) is 1. The highest BCUT2D eigenvalue weighted by Gasteiger charge is 2.14. The lowest BCUT2D eigenvalue weighted by atomic mass is 9.92. The predicted molar refractivity (Wildman–Crippen MR) is 98.5 cm³/mol. The number of benzene rings is 1. The first kappa shape index (κ1) is 16.8. The van der Waals surface area contributed by atoms with Crippen LogP contribution in [-0.2, 0) is 0 Å². The minimum Gasteiger partial charge on any atom is -0.369 e. The fraction of sp³-hybridized carbons (Fsp3) is 0.500. The molecule has 2 rings (SSSR count). The summed E-state index contributed by atoms with van der Waals surface area (Å²) in [5.41, 5.74) is 8.24. The van der Waals surface area contributed by atoms with Gasteiger partial charge in [-0.2, -0.15) is 0 Å². The van der Waals surface area contributed by atoms with Gasteiger partial charge >= 0.3 is 0 Å². The first-order valence-electron chi connectivity index (χ1n) is 8.26. The summed E-state index contributed by atoms with van der Waals surface area (Å²) in [6, 6.07) is 9.12. The molecule has 0 aromatic heterocycles. The maximum atomic E-state index is 2.49. The molecule has 0 aliphatic carbocycles. The zero-order chi connectivity index (χ0) is 16.3. The summed E-state index contributed by atoms with van der Waals surface area (Å²) >= 11 is 0. The number of anilines is 1. The molecule has 2 heteroatoms. The van der Waals surface area contributed by atoms with Gasteiger partial charge in [0.15, 0.2) is 0 Å². The van der Waals surface area contributed by atoms with Crippen LogP contribution in [-0.4, -0.2) is 38.1 Å². The Hall–Kier alpha value is -1.54. The van der Waals surface area contributed by atoms with E-state index in [1.165, 1.54) is 33.5 Å². The number of hydrogen-bond donors (Lipinski definition) is 0. The SMILES string of the molecule is CC(C)=C(C)C(=C(C)C)c1ccc(N2CCN(C)CC2)cc1. The lowest BCUT2D eigenvalue weighted by Gasteiger charge is -2.34. The Kier molecular flexibility index (Phi) is 5.47.